The molecule has 0 heterocycles. The molecule has 4 aliphatic rings. The highest BCUT2D eigenvalue weighted by atomic mass is 16.3. The number of fused-ring (bicyclic) bond motifs is 5. The van der Waals surface area contributed by atoms with Crippen molar-refractivity contribution in [1.29, 1.82) is 0 Å². The van der Waals surface area contributed by atoms with E-state index >= 15 is 0 Å². The first-order valence-electron chi connectivity index (χ1n) is 12.3. The van der Waals surface area contributed by atoms with Gasteiger partial charge in [-0.1, -0.05) is 34.1 Å². The minimum atomic E-state index is -0.0782. The van der Waals surface area contributed by atoms with Crippen LogP contribution in [0.2, 0.25) is 0 Å². The van der Waals surface area contributed by atoms with Crippen LogP contribution < -0.4 is 0 Å². The summed E-state index contributed by atoms with van der Waals surface area (Å²) in [5.74, 6) is 5.45. The third-order valence-corrected chi connectivity index (χ3v) is 10.7. The Bertz CT molecular complexity index is 599. The molecule has 1 N–H and O–H groups in total. The van der Waals surface area contributed by atoms with Crippen molar-refractivity contribution in [2.75, 3.05) is 0 Å². The van der Waals surface area contributed by atoms with Gasteiger partial charge in [-0.2, -0.15) is 0 Å². The fourth-order valence-corrected chi connectivity index (χ4v) is 9.11. The van der Waals surface area contributed by atoms with E-state index in [1.807, 2.05) is 0 Å². The van der Waals surface area contributed by atoms with Crippen LogP contribution in [-0.4, -0.2) is 17.0 Å². The van der Waals surface area contributed by atoms with Gasteiger partial charge >= 0.3 is 0 Å². The van der Waals surface area contributed by atoms with Crippen molar-refractivity contribution in [2.24, 2.45) is 52.3 Å². The molecule has 0 spiro atoms. The Morgan fingerprint density at radius 2 is 1.68 bits per heavy atom. The van der Waals surface area contributed by atoms with Crippen molar-refractivity contribution >= 4 is 5.78 Å². The van der Waals surface area contributed by atoms with Gasteiger partial charge in [0.1, 0.15) is 5.78 Å². The Morgan fingerprint density at radius 1 is 1.00 bits per heavy atom. The second-order valence-electron chi connectivity index (χ2n) is 12.1. The zero-order valence-electron chi connectivity index (χ0n) is 19.0. The Balaban J connectivity index is 1.55. The van der Waals surface area contributed by atoms with Gasteiger partial charge in [0.25, 0.3) is 0 Å². The SMILES string of the molecule is CC(=O)CCC(C)C1CCC2C3CC(O)C4CC(C)CCC4(C)C3CCC12C. The van der Waals surface area contributed by atoms with E-state index in [4.69, 9.17) is 0 Å². The summed E-state index contributed by atoms with van der Waals surface area (Å²) in [7, 11) is 0. The lowest BCUT2D eigenvalue weighted by molar-refractivity contribution is -0.165. The molecule has 0 bridgehead atoms. The molecule has 4 fully saturated rings. The average Bonchev–Trinajstić information content (AvgIpc) is 2.99. The summed E-state index contributed by atoms with van der Waals surface area (Å²) in [6.07, 6.45) is 12.2. The molecule has 2 nitrogen and oxygen atoms in total. The molecule has 0 radical (unpaired) electrons. The van der Waals surface area contributed by atoms with Crippen LogP contribution in [0.3, 0.4) is 0 Å². The highest BCUT2D eigenvalue weighted by molar-refractivity contribution is 5.75. The van der Waals surface area contributed by atoms with Gasteiger partial charge in [0.05, 0.1) is 6.10 Å². The summed E-state index contributed by atoms with van der Waals surface area (Å²) in [5, 5.41) is 11.2. The van der Waals surface area contributed by atoms with Crippen LogP contribution in [0.4, 0.5) is 0 Å². The summed E-state index contributed by atoms with van der Waals surface area (Å²) in [5.41, 5.74) is 0.802. The molecule has 0 aromatic rings. The molecular formula is C26H44O2. The molecule has 2 heteroatoms. The van der Waals surface area contributed by atoms with E-state index in [1.54, 1.807) is 6.92 Å². The Kier molecular flexibility index (Phi) is 5.52. The summed E-state index contributed by atoms with van der Waals surface area (Å²) in [6.45, 7) is 11.7. The minimum absolute atomic E-state index is 0.0782. The van der Waals surface area contributed by atoms with Gasteiger partial charge in [-0.3, -0.25) is 0 Å². The predicted molar refractivity (Wildman–Crippen MR) is 115 cm³/mol. The third kappa shape index (κ3) is 3.21. The van der Waals surface area contributed by atoms with Crippen LogP contribution >= 0.6 is 0 Å². The van der Waals surface area contributed by atoms with E-state index in [0.29, 0.717) is 28.4 Å². The quantitative estimate of drug-likeness (QED) is 0.617. The summed E-state index contributed by atoms with van der Waals surface area (Å²) in [6, 6.07) is 0. The topological polar surface area (TPSA) is 37.3 Å². The van der Waals surface area contributed by atoms with Crippen molar-refractivity contribution in [3.8, 4) is 0 Å². The van der Waals surface area contributed by atoms with E-state index in [-0.39, 0.29) is 6.10 Å². The molecular weight excluding hydrogens is 344 g/mol. The van der Waals surface area contributed by atoms with Crippen molar-refractivity contribution in [2.45, 2.75) is 105 Å². The first-order valence-corrected chi connectivity index (χ1v) is 12.3. The van der Waals surface area contributed by atoms with Crippen LogP contribution in [0.15, 0.2) is 0 Å². The van der Waals surface area contributed by atoms with Crippen molar-refractivity contribution in [1.82, 2.24) is 0 Å². The van der Waals surface area contributed by atoms with Crippen molar-refractivity contribution in [3.63, 3.8) is 0 Å². The van der Waals surface area contributed by atoms with Gasteiger partial charge in [0.2, 0.25) is 0 Å². The molecule has 4 saturated carbocycles. The van der Waals surface area contributed by atoms with E-state index in [1.165, 1.54) is 44.9 Å². The number of hydrogen-bond acceptors (Lipinski definition) is 2. The fourth-order valence-electron chi connectivity index (χ4n) is 9.11. The van der Waals surface area contributed by atoms with Crippen LogP contribution in [0.5, 0.6) is 0 Å². The van der Waals surface area contributed by atoms with Gasteiger partial charge in [0.15, 0.2) is 0 Å². The summed E-state index contributed by atoms with van der Waals surface area (Å²) in [4.78, 5) is 11.5. The van der Waals surface area contributed by atoms with Crippen LogP contribution in [0.1, 0.15) is 98.8 Å². The second-order valence-corrected chi connectivity index (χ2v) is 12.1. The lowest BCUT2D eigenvalue weighted by Crippen LogP contribution is -2.57. The van der Waals surface area contributed by atoms with Crippen LogP contribution in [0.25, 0.3) is 0 Å². The second kappa shape index (κ2) is 7.40. The monoisotopic (exact) mass is 388 g/mol. The first-order chi connectivity index (χ1) is 13.2. The average molecular weight is 389 g/mol. The van der Waals surface area contributed by atoms with E-state index in [2.05, 4.69) is 27.7 Å². The number of carbonyl (C=O) groups is 1. The first kappa shape index (κ1) is 20.9. The molecule has 160 valence electrons. The number of carbonyl (C=O) groups excluding carboxylic acids is 1. The number of aliphatic hydroxyl groups excluding tert-OH is 1. The Morgan fingerprint density at radius 3 is 2.39 bits per heavy atom. The van der Waals surface area contributed by atoms with Gasteiger partial charge in [-0.25, -0.2) is 0 Å². The van der Waals surface area contributed by atoms with E-state index < -0.39 is 0 Å². The molecule has 10 unspecified atom stereocenters. The fraction of sp³-hybridized carbons (Fsp3) is 0.962. The van der Waals surface area contributed by atoms with Gasteiger partial charge < -0.3 is 9.90 Å². The normalized spacial score (nSPS) is 51.7. The largest absolute Gasteiger partial charge is 0.393 e. The lowest BCUT2D eigenvalue weighted by atomic mass is 9.43. The van der Waals surface area contributed by atoms with Crippen LogP contribution in [0, 0.1) is 52.3 Å². The number of hydrogen-bond donors (Lipinski definition) is 1. The molecule has 0 aliphatic heterocycles. The molecule has 10 atom stereocenters. The zero-order valence-corrected chi connectivity index (χ0v) is 19.0. The maximum Gasteiger partial charge on any atom is 0.129 e. The Hall–Kier alpha value is -0.370. The number of rotatable bonds is 4. The molecule has 0 saturated heterocycles. The molecule has 4 aliphatic carbocycles. The lowest BCUT2D eigenvalue weighted by Gasteiger charge is -2.62. The summed E-state index contributed by atoms with van der Waals surface area (Å²) < 4.78 is 0. The van der Waals surface area contributed by atoms with E-state index in [9.17, 15) is 9.90 Å². The minimum Gasteiger partial charge on any atom is -0.393 e. The highest BCUT2D eigenvalue weighted by Crippen LogP contribution is 2.68. The molecule has 4 rings (SSSR count). The van der Waals surface area contributed by atoms with Crippen molar-refractivity contribution in [3.05, 3.63) is 0 Å². The van der Waals surface area contributed by atoms with Gasteiger partial charge in [0, 0.05) is 6.42 Å². The molecule has 28 heavy (non-hydrogen) atoms. The number of ketones is 1. The molecule has 0 aromatic carbocycles. The number of Topliss-reactive ketones (excluding diaryl/α,β-unsaturated/α-hetero) is 1. The number of aliphatic hydroxyl groups is 1. The van der Waals surface area contributed by atoms with Gasteiger partial charge in [-0.05, 0) is 111 Å². The predicted octanol–water partition coefficient (Wildman–Crippen LogP) is 6.26. The van der Waals surface area contributed by atoms with Crippen molar-refractivity contribution < 1.29 is 9.90 Å². The third-order valence-electron chi connectivity index (χ3n) is 10.7. The van der Waals surface area contributed by atoms with Crippen LogP contribution in [-0.2, 0) is 4.79 Å². The van der Waals surface area contributed by atoms with Gasteiger partial charge in [-0.15, -0.1) is 0 Å². The highest BCUT2D eigenvalue weighted by Gasteiger charge is 2.62. The zero-order chi connectivity index (χ0) is 20.3. The standard InChI is InChI=1S/C26H44O2/c1-16-10-12-26(5)22-11-13-25(4)20(17(2)6-7-18(3)27)8-9-21(25)19(22)15-24(28)23(26)14-16/h16-17,19-24,28H,6-15H2,1-5H3. The molecule has 0 aromatic heterocycles. The Labute approximate surface area is 173 Å². The molecule has 0 amide bonds. The maximum absolute atomic E-state index is 11.5. The van der Waals surface area contributed by atoms with E-state index in [0.717, 1.165) is 48.9 Å². The summed E-state index contributed by atoms with van der Waals surface area (Å²) >= 11 is 0. The maximum atomic E-state index is 11.5. The smallest absolute Gasteiger partial charge is 0.129 e.